The van der Waals surface area contributed by atoms with E-state index in [1.807, 2.05) is 0 Å². The molecule has 0 aromatic carbocycles. The summed E-state index contributed by atoms with van der Waals surface area (Å²) in [6.07, 6.45) is 0. The zero-order valence-electron chi connectivity index (χ0n) is 8.01. The van der Waals surface area contributed by atoms with Gasteiger partial charge in [-0.25, -0.2) is 4.89 Å². The largest absolute Gasteiger partial charge is 0.481 e. The molecule has 78 valence electrons. The van der Waals surface area contributed by atoms with E-state index in [1.165, 1.54) is 21.3 Å². The average Bonchev–Trinajstić information content (AvgIpc) is 2.25. The van der Waals surface area contributed by atoms with Crippen LogP contribution in [0.3, 0.4) is 0 Å². The van der Waals surface area contributed by atoms with Crippen molar-refractivity contribution in [2.45, 2.75) is 5.16 Å². The maximum absolute atomic E-state index is 4.94. The summed E-state index contributed by atoms with van der Waals surface area (Å²) in [5.41, 5.74) is 0. The first kappa shape index (κ1) is 11.0. The second kappa shape index (κ2) is 5.63. The molecule has 0 aliphatic heterocycles. The smallest absolute Gasteiger partial charge is 0.224 e. The predicted molar refractivity (Wildman–Crippen MR) is 49.1 cm³/mol. The Morgan fingerprint density at radius 2 is 1.64 bits per heavy atom. The fraction of sp³-hybridized carbons (Fsp3) is 0.429. The minimum Gasteiger partial charge on any atom is -0.481 e. The van der Waals surface area contributed by atoms with Gasteiger partial charge in [-0.1, -0.05) is 0 Å². The van der Waals surface area contributed by atoms with Crippen molar-refractivity contribution in [3.05, 3.63) is 6.07 Å². The van der Waals surface area contributed by atoms with Gasteiger partial charge in [-0.15, -0.1) is 0 Å². The van der Waals surface area contributed by atoms with Crippen LogP contribution in [-0.2, 0) is 9.22 Å². The highest BCUT2D eigenvalue weighted by molar-refractivity contribution is 7.94. The van der Waals surface area contributed by atoms with Crippen LogP contribution in [0.1, 0.15) is 0 Å². The van der Waals surface area contributed by atoms with Gasteiger partial charge in [0.15, 0.2) is 0 Å². The van der Waals surface area contributed by atoms with E-state index in [0.29, 0.717) is 16.9 Å². The van der Waals surface area contributed by atoms with Crippen LogP contribution in [0, 0.1) is 0 Å². The number of rotatable bonds is 5. The van der Waals surface area contributed by atoms with Crippen molar-refractivity contribution in [1.82, 2.24) is 9.97 Å². The molecule has 1 aromatic rings. The van der Waals surface area contributed by atoms with Crippen molar-refractivity contribution < 1.29 is 18.7 Å². The molecule has 0 fully saturated rings. The van der Waals surface area contributed by atoms with Gasteiger partial charge in [0.1, 0.15) is 12.0 Å². The van der Waals surface area contributed by atoms with E-state index in [0.717, 1.165) is 12.0 Å². The minimum absolute atomic E-state index is 0.350. The lowest BCUT2D eigenvalue weighted by molar-refractivity contribution is -0.160. The molecule has 0 aliphatic carbocycles. The number of hydrogen-bond acceptors (Lipinski definition) is 7. The summed E-state index contributed by atoms with van der Waals surface area (Å²) in [6, 6.07) is 1.57. The molecule has 1 rings (SSSR count). The summed E-state index contributed by atoms with van der Waals surface area (Å²) in [4.78, 5) is 12.4. The van der Waals surface area contributed by atoms with E-state index in [1.54, 1.807) is 6.07 Å². The summed E-state index contributed by atoms with van der Waals surface area (Å²) in [7, 11) is 4.41. The lowest BCUT2D eigenvalue weighted by Gasteiger charge is -2.04. The third-order valence-corrected chi connectivity index (χ3v) is 1.79. The molecule has 1 heterocycles. The molecule has 6 nitrogen and oxygen atoms in total. The Morgan fingerprint density at radius 3 is 2.07 bits per heavy atom. The molecule has 14 heavy (non-hydrogen) atoms. The number of methoxy groups -OCH3 is 2. The van der Waals surface area contributed by atoms with Crippen molar-refractivity contribution in [2.75, 3.05) is 21.3 Å². The fourth-order valence-electron chi connectivity index (χ4n) is 0.695. The van der Waals surface area contributed by atoms with E-state index in [4.69, 9.17) is 9.47 Å². The van der Waals surface area contributed by atoms with Crippen LogP contribution < -0.4 is 9.47 Å². The second-order valence-corrected chi connectivity index (χ2v) is 2.72. The Hall–Kier alpha value is -1.05. The molecule has 0 bridgehead atoms. The van der Waals surface area contributed by atoms with E-state index in [9.17, 15) is 0 Å². The highest BCUT2D eigenvalue weighted by Gasteiger charge is 2.06. The molecule has 0 spiro atoms. The zero-order chi connectivity index (χ0) is 10.4. The SMILES string of the molecule is COOSc1nc(OC)cc(OC)n1. The maximum atomic E-state index is 4.94. The molecule has 0 atom stereocenters. The summed E-state index contributed by atoms with van der Waals surface area (Å²) in [5.74, 6) is 0.804. The highest BCUT2D eigenvalue weighted by atomic mass is 32.2. The van der Waals surface area contributed by atoms with Crippen LogP contribution in [0.25, 0.3) is 0 Å². The molecule has 1 aromatic heterocycles. The van der Waals surface area contributed by atoms with E-state index < -0.39 is 0 Å². The number of aromatic nitrogens is 2. The van der Waals surface area contributed by atoms with Crippen LogP contribution in [0.15, 0.2) is 11.2 Å². The predicted octanol–water partition coefficient (Wildman–Crippen LogP) is 1.08. The Balaban J connectivity index is 2.81. The zero-order valence-corrected chi connectivity index (χ0v) is 8.83. The van der Waals surface area contributed by atoms with Gasteiger partial charge in [0, 0.05) is 0 Å². The Kier molecular flexibility index (Phi) is 4.44. The lowest BCUT2D eigenvalue weighted by Crippen LogP contribution is -1.96. The van der Waals surface area contributed by atoms with Crippen molar-refractivity contribution in [1.29, 1.82) is 0 Å². The first-order valence-electron chi connectivity index (χ1n) is 3.64. The Labute approximate surface area is 85.7 Å². The van der Waals surface area contributed by atoms with Gasteiger partial charge in [-0.3, -0.25) is 0 Å². The van der Waals surface area contributed by atoms with Crippen molar-refractivity contribution >= 4 is 12.0 Å². The minimum atomic E-state index is 0.350. The molecule has 0 aliphatic rings. The summed E-state index contributed by atoms with van der Waals surface area (Å²) in [5, 5.41) is 0.350. The van der Waals surface area contributed by atoms with Gasteiger partial charge < -0.3 is 9.47 Å². The molecule has 0 amide bonds. The lowest BCUT2D eigenvalue weighted by atomic mass is 10.6. The fourth-order valence-corrected chi connectivity index (χ4v) is 1.08. The molecular weight excluding hydrogens is 208 g/mol. The normalized spacial score (nSPS) is 9.93. The van der Waals surface area contributed by atoms with E-state index in [-0.39, 0.29) is 0 Å². The van der Waals surface area contributed by atoms with Crippen LogP contribution in [0.5, 0.6) is 11.8 Å². The number of nitrogens with zero attached hydrogens (tertiary/aromatic N) is 2. The van der Waals surface area contributed by atoms with E-state index >= 15 is 0 Å². The molecule has 0 radical (unpaired) electrons. The first-order chi connectivity index (χ1) is 6.80. The monoisotopic (exact) mass is 218 g/mol. The third-order valence-electron chi connectivity index (χ3n) is 1.25. The van der Waals surface area contributed by atoms with Gasteiger partial charge in [0.05, 0.1) is 27.4 Å². The van der Waals surface area contributed by atoms with Crippen molar-refractivity contribution in [3.63, 3.8) is 0 Å². The van der Waals surface area contributed by atoms with Crippen LogP contribution in [0.4, 0.5) is 0 Å². The Bertz CT molecular complexity index is 275. The second-order valence-electron chi connectivity index (χ2n) is 2.05. The third kappa shape index (κ3) is 3.02. The van der Waals surface area contributed by atoms with Gasteiger partial charge >= 0.3 is 0 Å². The molecule has 0 unspecified atom stereocenters. The standard InChI is InChI=1S/C7H10N2O4S/c1-10-5-4-6(11-2)9-7(8-5)14-13-12-3/h4H,1-3H3. The quantitative estimate of drug-likeness (QED) is 0.317. The molecule has 0 N–H and O–H groups in total. The number of hydrogen-bond donors (Lipinski definition) is 0. The summed E-state index contributed by atoms with van der Waals surface area (Å²) in [6.45, 7) is 0. The van der Waals surface area contributed by atoms with Gasteiger partial charge in [-0.05, 0) is 0 Å². The maximum Gasteiger partial charge on any atom is 0.224 e. The van der Waals surface area contributed by atoms with Crippen LogP contribution in [0.2, 0.25) is 0 Å². The number of ether oxygens (including phenoxy) is 2. The van der Waals surface area contributed by atoms with Crippen molar-refractivity contribution in [2.24, 2.45) is 0 Å². The molecule has 7 heteroatoms. The highest BCUT2D eigenvalue weighted by Crippen LogP contribution is 2.21. The Morgan fingerprint density at radius 1 is 1.07 bits per heavy atom. The topological polar surface area (TPSA) is 62.7 Å². The van der Waals surface area contributed by atoms with Crippen LogP contribution in [-0.4, -0.2) is 31.3 Å². The van der Waals surface area contributed by atoms with Crippen molar-refractivity contribution in [3.8, 4) is 11.8 Å². The first-order valence-corrected chi connectivity index (χ1v) is 4.38. The van der Waals surface area contributed by atoms with E-state index in [2.05, 4.69) is 19.2 Å². The molecule has 0 saturated carbocycles. The van der Waals surface area contributed by atoms with Crippen LogP contribution >= 0.6 is 12.0 Å². The van der Waals surface area contributed by atoms with Gasteiger partial charge in [-0.2, -0.15) is 14.3 Å². The molecular formula is C7H10N2O4S. The summed E-state index contributed by atoms with van der Waals surface area (Å²) < 4.78 is 14.5. The average molecular weight is 218 g/mol. The van der Waals surface area contributed by atoms with Gasteiger partial charge in [0.2, 0.25) is 16.9 Å². The summed E-state index contributed by atoms with van der Waals surface area (Å²) >= 11 is 0.875. The van der Waals surface area contributed by atoms with Gasteiger partial charge in [0.25, 0.3) is 0 Å². The molecule has 0 saturated heterocycles.